The van der Waals surface area contributed by atoms with Crippen molar-refractivity contribution in [3.8, 4) is 0 Å². The van der Waals surface area contributed by atoms with Crippen LogP contribution in [-0.4, -0.2) is 12.6 Å². The fourth-order valence-corrected chi connectivity index (χ4v) is 3.32. The van der Waals surface area contributed by atoms with Gasteiger partial charge >= 0.3 is 0 Å². The maximum absolute atomic E-state index is 3.60. The van der Waals surface area contributed by atoms with Crippen molar-refractivity contribution in [3.05, 3.63) is 34.9 Å². The van der Waals surface area contributed by atoms with Crippen LogP contribution in [0.25, 0.3) is 0 Å². The van der Waals surface area contributed by atoms with Crippen molar-refractivity contribution in [1.82, 2.24) is 5.32 Å². The van der Waals surface area contributed by atoms with Crippen LogP contribution in [0.3, 0.4) is 0 Å². The molecule has 1 aromatic carbocycles. The van der Waals surface area contributed by atoms with Crippen LogP contribution in [-0.2, 0) is 19.3 Å². The second-order valence-corrected chi connectivity index (χ2v) is 5.91. The minimum absolute atomic E-state index is 0.728. The maximum atomic E-state index is 3.60. The van der Waals surface area contributed by atoms with E-state index in [4.69, 9.17) is 0 Å². The molecule has 1 N–H and O–H groups in total. The SMILES string of the molecule is CC1CCC(Cc2ccc3c(c2)CCC3)CN1. The quantitative estimate of drug-likeness (QED) is 0.821. The number of benzene rings is 1. The standard InChI is InChI=1S/C16H23N/c1-12-5-6-14(11-17-12)9-13-7-8-15-3-2-4-16(15)10-13/h7-8,10,12,14,17H,2-6,9,11H2,1H3. The van der Waals surface area contributed by atoms with E-state index >= 15 is 0 Å². The van der Waals surface area contributed by atoms with Crippen molar-refractivity contribution >= 4 is 0 Å². The summed E-state index contributed by atoms with van der Waals surface area (Å²) in [6, 6.07) is 7.94. The average Bonchev–Trinajstić information content (AvgIpc) is 2.79. The highest BCUT2D eigenvalue weighted by atomic mass is 14.9. The van der Waals surface area contributed by atoms with Crippen molar-refractivity contribution < 1.29 is 0 Å². The molecule has 0 radical (unpaired) electrons. The Hall–Kier alpha value is -0.820. The third kappa shape index (κ3) is 2.55. The van der Waals surface area contributed by atoms with Crippen molar-refractivity contribution in [1.29, 1.82) is 0 Å². The number of fused-ring (bicyclic) bond motifs is 1. The topological polar surface area (TPSA) is 12.0 Å². The first-order valence-corrected chi connectivity index (χ1v) is 7.15. The zero-order valence-electron chi connectivity index (χ0n) is 10.8. The highest BCUT2D eigenvalue weighted by molar-refractivity contribution is 5.35. The molecular weight excluding hydrogens is 206 g/mol. The van der Waals surface area contributed by atoms with Crippen LogP contribution in [0.4, 0.5) is 0 Å². The van der Waals surface area contributed by atoms with E-state index in [1.54, 1.807) is 16.7 Å². The Bertz CT molecular complexity index is 389. The summed E-state index contributed by atoms with van der Waals surface area (Å²) in [5.41, 5.74) is 4.79. The van der Waals surface area contributed by atoms with Gasteiger partial charge in [0.25, 0.3) is 0 Å². The molecule has 0 spiro atoms. The third-order valence-electron chi connectivity index (χ3n) is 4.45. The summed E-state index contributed by atoms with van der Waals surface area (Å²) in [6.07, 6.45) is 7.98. The van der Waals surface area contributed by atoms with Crippen molar-refractivity contribution in [2.24, 2.45) is 5.92 Å². The van der Waals surface area contributed by atoms with Gasteiger partial charge in [-0.1, -0.05) is 18.2 Å². The van der Waals surface area contributed by atoms with Crippen molar-refractivity contribution in [2.45, 2.75) is 51.5 Å². The van der Waals surface area contributed by atoms with Gasteiger partial charge in [-0.15, -0.1) is 0 Å². The van der Waals surface area contributed by atoms with E-state index in [0.717, 1.165) is 12.0 Å². The largest absolute Gasteiger partial charge is 0.314 e. The second-order valence-electron chi connectivity index (χ2n) is 5.91. The Balaban J connectivity index is 1.65. The van der Waals surface area contributed by atoms with E-state index < -0.39 is 0 Å². The molecule has 2 atom stereocenters. The van der Waals surface area contributed by atoms with Crippen molar-refractivity contribution in [2.75, 3.05) is 6.54 Å². The molecule has 2 aliphatic rings. The molecule has 1 aliphatic heterocycles. The maximum Gasteiger partial charge on any atom is 0.00389 e. The minimum atomic E-state index is 0.728. The molecule has 92 valence electrons. The first-order valence-electron chi connectivity index (χ1n) is 7.15. The highest BCUT2D eigenvalue weighted by Gasteiger charge is 2.18. The van der Waals surface area contributed by atoms with Gasteiger partial charge in [0.05, 0.1) is 0 Å². The predicted molar refractivity (Wildman–Crippen MR) is 72.4 cm³/mol. The number of hydrogen-bond donors (Lipinski definition) is 1. The van der Waals surface area contributed by atoms with Gasteiger partial charge in [-0.05, 0) is 74.6 Å². The lowest BCUT2D eigenvalue weighted by Crippen LogP contribution is -2.37. The summed E-state index contributed by atoms with van der Waals surface area (Å²) in [4.78, 5) is 0. The fraction of sp³-hybridized carbons (Fsp3) is 0.625. The van der Waals surface area contributed by atoms with Crippen LogP contribution >= 0.6 is 0 Å². The summed E-state index contributed by atoms with van der Waals surface area (Å²) >= 11 is 0. The molecular formula is C16H23N. The Morgan fingerprint density at radius 1 is 1.18 bits per heavy atom. The lowest BCUT2D eigenvalue weighted by Gasteiger charge is -2.27. The normalized spacial score (nSPS) is 28.1. The summed E-state index contributed by atoms with van der Waals surface area (Å²) < 4.78 is 0. The van der Waals surface area contributed by atoms with E-state index in [9.17, 15) is 0 Å². The molecule has 1 heterocycles. The highest BCUT2D eigenvalue weighted by Crippen LogP contribution is 2.25. The summed E-state index contributed by atoms with van der Waals surface area (Å²) in [5.74, 6) is 0.852. The van der Waals surface area contributed by atoms with E-state index in [1.807, 2.05) is 0 Å². The van der Waals surface area contributed by atoms with Gasteiger partial charge in [0, 0.05) is 6.04 Å². The molecule has 0 bridgehead atoms. The molecule has 17 heavy (non-hydrogen) atoms. The van der Waals surface area contributed by atoms with Crippen LogP contribution in [0.5, 0.6) is 0 Å². The smallest absolute Gasteiger partial charge is 0.00389 e. The third-order valence-corrected chi connectivity index (χ3v) is 4.45. The molecule has 0 saturated carbocycles. The molecule has 2 unspecified atom stereocenters. The molecule has 0 aromatic heterocycles. The van der Waals surface area contributed by atoms with Gasteiger partial charge in [0.15, 0.2) is 0 Å². The summed E-state index contributed by atoms with van der Waals surface area (Å²) in [5, 5.41) is 3.60. The number of nitrogens with one attached hydrogen (secondary N) is 1. The first-order chi connectivity index (χ1) is 8.31. The van der Waals surface area contributed by atoms with E-state index in [-0.39, 0.29) is 0 Å². The van der Waals surface area contributed by atoms with Gasteiger partial charge in [-0.3, -0.25) is 0 Å². The van der Waals surface area contributed by atoms with Gasteiger partial charge in [0.2, 0.25) is 0 Å². The minimum Gasteiger partial charge on any atom is -0.314 e. The zero-order valence-corrected chi connectivity index (χ0v) is 10.8. The van der Waals surface area contributed by atoms with Crippen molar-refractivity contribution in [3.63, 3.8) is 0 Å². The van der Waals surface area contributed by atoms with Crippen LogP contribution in [0.15, 0.2) is 18.2 Å². The average molecular weight is 229 g/mol. The lowest BCUT2D eigenvalue weighted by molar-refractivity contribution is 0.322. The lowest BCUT2D eigenvalue weighted by atomic mass is 9.89. The predicted octanol–water partition coefficient (Wildman–Crippen LogP) is 3.11. The fourth-order valence-electron chi connectivity index (χ4n) is 3.32. The number of rotatable bonds is 2. The van der Waals surface area contributed by atoms with Crippen LogP contribution in [0, 0.1) is 5.92 Å². The molecule has 1 aliphatic carbocycles. The van der Waals surface area contributed by atoms with Gasteiger partial charge in [-0.25, -0.2) is 0 Å². The zero-order chi connectivity index (χ0) is 11.7. The van der Waals surface area contributed by atoms with Crippen LogP contribution in [0.1, 0.15) is 42.9 Å². The summed E-state index contributed by atoms with van der Waals surface area (Å²) in [7, 11) is 0. The Morgan fingerprint density at radius 3 is 2.88 bits per heavy atom. The molecule has 1 heteroatoms. The van der Waals surface area contributed by atoms with Crippen LogP contribution < -0.4 is 5.32 Å². The molecule has 1 fully saturated rings. The number of aryl methyl sites for hydroxylation is 2. The van der Waals surface area contributed by atoms with E-state index in [2.05, 4.69) is 30.4 Å². The van der Waals surface area contributed by atoms with E-state index in [0.29, 0.717) is 0 Å². The Labute approximate surface area is 105 Å². The van der Waals surface area contributed by atoms with Gasteiger partial charge < -0.3 is 5.32 Å². The van der Waals surface area contributed by atoms with Gasteiger partial charge in [-0.2, -0.15) is 0 Å². The van der Waals surface area contributed by atoms with Gasteiger partial charge in [0.1, 0.15) is 0 Å². The Morgan fingerprint density at radius 2 is 2.06 bits per heavy atom. The molecule has 1 aromatic rings. The number of hydrogen-bond acceptors (Lipinski definition) is 1. The molecule has 3 rings (SSSR count). The monoisotopic (exact) mass is 229 g/mol. The van der Waals surface area contributed by atoms with E-state index in [1.165, 1.54) is 45.1 Å². The molecule has 0 amide bonds. The number of piperidine rings is 1. The first kappa shape index (κ1) is 11.3. The molecule has 1 nitrogen and oxygen atoms in total. The second kappa shape index (κ2) is 4.81. The molecule has 1 saturated heterocycles. The Kier molecular flexibility index (Phi) is 3.19. The summed E-state index contributed by atoms with van der Waals surface area (Å²) in [6.45, 7) is 3.50. The van der Waals surface area contributed by atoms with Crippen LogP contribution in [0.2, 0.25) is 0 Å².